The number of hydrazine groups is 1. The number of anilines is 1. The van der Waals surface area contributed by atoms with E-state index in [1.165, 1.54) is 5.01 Å². The van der Waals surface area contributed by atoms with Gasteiger partial charge in [-0.3, -0.25) is 4.90 Å². The summed E-state index contributed by atoms with van der Waals surface area (Å²) in [5.41, 5.74) is 8.54. The Labute approximate surface area is 149 Å². The monoisotopic (exact) mass is 340 g/mol. The molecule has 0 aliphatic carbocycles. The molecule has 0 radical (unpaired) electrons. The van der Waals surface area contributed by atoms with Crippen molar-refractivity contribution in [3.63, 3.8) is 0 Å². The lowest BCUT2D eigenvalue weighted by Crippen LogP contribution is -2.27. The molecule has 6 heteroatoms. The van der Waals surface area contributed by atoms with E-state index in [1.807, 2.05) is 30.5 Å². The Morgan fingerprint density at radius 1 is 1.24 bits per heavy atom. The molecule has 0 unspecified atom stereocenters. The van der Waals surface area contributed by atoms with Crippen LogP contribution in [0.15, 0.2) is 48.9 Å². The van der Waals surface area contributed by atoms with E-state index in [2.05, 4.69) is 35.6 Å². The first-order chi connectivity index (χ1) is 11.9. The fourth-order valence-corrected chi connectivity index (χ4v) is 2.62. The predicted octanol–water partition coefficient (Wildman–Crippen LogP) is 2.56. The number of hydrogen-bond donors (Lipinski definition) is 3. The Morgan fingerprint density at radius 2 is 1.96 bits per heavy atom. The van der Waals surface area contributed by atoms with Crippen molar-refractivity contribution >= 4 is 22.3 Å². The van der Waals surface area contributed by atoms with Gasteiger partial charge in [0.25, 0.3) is 0 Å². The molecule has 6 nitrogen and oxygen atoms in total. The van der Waals surface area contributed by atoms with Crippen molar-refractivity contribution in [3.8, 4) is 0 Å². The van der Waals surface area contributed by atoms with Crippen LogP contribution in [0.4, 0.5) is 5.82 Å². The molecular weight excluding hydrogens is 312 g/mol. The van der Waals surface area contributed by atoms with Gasteiger partial charge in [-0.25, -0.2) is 10.8 Å². The molecule has 0 atom stereocenters. The van der Waals surface area contributed by atoms with Gasteiger partial charge in [0.15, 0.2) is 0 Å². The molecule has 25 heavy (non-hydrogen) atoms. The van der Waals surface area contributed by atoms with Gasteiger partial charge >= 0.3 is 0 Å². The summed E-state index contributed by atoms with van der Waals surface area (Å²) in [5.74, 6) is 6.41. The van der Waals surface area contributed by atoms with Crippen LogP contribution in [-0.2, 0) is 0 Å². The van der Waals surface area contributed by atoms with E-state index in [-0.39, 0.29) is 0 Å². The highest BCUT2D eigenvalue weighted by atomic mass is 15.4. The number of likely N-dealkylation sites (N-methyl/N-ethyl adjacent to an activating group) is 1. The summed E-state index contributed by atoms with van der Waals surface area (Å²) in [7, 11) is 1.74. The first kappa shape index (κ1) is 18.8. The normalized spacial score (nSPS) is 11.8. The lowest BCUT2D eigenvalue weighted by molar-refractivity contribution is 0.331. The van der Waals surface area contributed by atoms with Crippen LogP contribution < -0.4 is 16.9 Å². The van der Waals surface area contributed by atoms with E-state index in [1.54, 1.807) is 13.2 Å². The summed E-state index contributed by atoms with van der Waals surface area (Å²) in [5, 5.41) is 6.84. The van der Waals surface area contributed by atoms with Gasteiger partial charge in [0, 0.05) is 37.1 Å². The van der Waals surface area contributed by atoms with Crippen molar-refractivity contribution in [2.45, 2.75) is 13.8 Å². The van der Waals surface area contributed by atoms with Gasteiger partial charge in [-0.2, -0.15) is 0 Å². The van der Waals surface area contributed by atoms with Gasteiger partial charge in [-0.05, 0) is 36.2 Å². The zero-order valence-corrected chi connectivity index (χ0v) is 15.3. The maximum absolute atomic E-state index is 6.08. The Bertz CT molecular complexity index is 762. The number of nitrogens with two attached hydrogens (primary N) is 2. The molecule has 2 aromatic rings. The summed E-state index contributed by atoms with van der Waals surface area (Å²) >= 11 is 0. The minimum absolute atomic E-state index is 0.615. The first-order valence-electron chi connectivity index (χ1n) is 8.45. The molecular formula is C19H28N6. The van der Waals surface area contributed by atoms with Crippen LogP contribution in [0.3, 0.4) is 0 Å². The highest BCUT2D eigenvalue weighted by Crippen LogP contribution is 2.21. The third-order valence-electron chi connectivity index (χ3n) is 4.01. The maximum atomic E-state index is 6.08. The molecule has 0 spiro atoms. The Morgan fingerprint density at radius 3 is 2.60 bits per heavy atom. The van der Waals surface area contributed by atoms with Gasteiger partial charge < -0.3 is 16.1 Å². The Kier molecular flexibility index (Phi) is 6.38. The number of rotatable bonds is 8. The van der Waals surface area contributed by atoms with Crippen LogP contribution in [0, 0.1) is 0 Å². The Hall–Kier alpha value is -2.57. The smallest absolute Gasteiger partial charge is 0.130 e. The molecule has 0 saturated heterocycles. The SMILES string of the molecule is C=C(CN(CC)CC)Nc1cc2cc(/C(N)=C/N(C)N)ccc2cn1. The number of aromatic nitrogens is 1. The van der Waals surface area contributed by atoms with E-state index < -0.39 is 0 Å². The molecule has 0 fully saturated rings. The number of fused-ring (bicyclic) bond motifs is 1. The molecule has 0 saturated carbocycles. The predicted molar refractivity (Wildman–Crippen MR) is 106 cm³/mol. The summed E-state index contributed by atoms with van der Waals surface area (Å²) in [4.78, 5) is 6.76. The van der Waals surface area contributed by atoms with Crippen molar-refractivity contribution in [1.82, 2.24) is 14.9 Å². The quantitative estimate of drug-likeness (QED) is 0.506. The van der Waals surface area contributed by atoms with Crippen molar-refractivity contribution in [2.75, 3.05) is 32.0 Å². The van der Waals surface area contributed by atoms with Gasteiger partial charge in [0.2, 0.25) is 0 Å². The minimum atomic E-state index is 0.615. The lowest BCUT2D eigenvalue weighted by atomic mass is 10.1. The highest BCUT2D eigenvalue weighted by Gasteiger charge is 2.05. The van der Waals surface area contributed by atoms with Crippen LogP contribution in [0.2, 0.25) is 0 Å². The maximum Gasteiger partial charge on any atom is 0.130 e. The number of nitrogens with zero attached hydrogens (tertiary/aromatic N) is 3. The number of benzene rings is 1. The molecule has 1 aromatic carbocycles. The van der Waals surface area contributed by atoms with Gasteiger partial charge in [0.05, 0.1) is 5.70 Å². The molecule has 0 amide bonds. The summed E-state index contributed by atoms with van der Waals surface area (Å²) in [6.07, 6.45) is 3.54. The molecule has 134 valence electrons. The van der Waals surface area contributed by atoms with Crippen LogP contribution in [0.1, 0.15) is 19.4 Å². The van der Waals surface area contributed by atoms with Crippen molar-refractivity contribution in [3.05, 3.63) is 54.5 Å². The molecule has 0 aliphatic heterocycles. The summed E-state index contributed by atoms with van der Waals surface area (Å²) < 4.78 is 0. The molecule has 1 heterocycles. The highest BCUT2D eigenvalue weighted by molar-refractivity contribution is 5.87. The summed E-state index contributed by atoms with van der Waals surface area (Å²) in [6.45, 7) is 11.2. The topological polar surface area (TPSA) is 83.4 Å². The van der Waals surface area contributed by atoms with E-state index in [9.17, 15) is 0 Å². The molecule has 0 aliphatic rings. The third-order valence-corrected chi connectivity index (χ3v) is 4.01. The molecule has 2 rings (SSSR count). The van der Waals surface area contributed by atoms with E-state index in [0.29, 0.717) is 5.70 Å². The lowest BCUT2D eigenvalue weighted by Gasteiger charge is -2.20. The standard InChI is InChI=1S/C19H28N6/c1-5-25(6-2)12-14(3)23-19-10-17-9-15(18(20)13-24(4)21)7-8-16(17)11-22-19/h7-11,13H,3,5-6,12,20-21H2,1-2,4H3,(H,22,23)/b18-13-. The van der Waals surface area contributed by atoms with Gasteiger partial charge in [0.1, 0.15) is 5.82 Å². The second kappa shape index (κ2) is 8.50. The van der Waals surface area contributed by atoms with Gasteiger partial charge in [-0.1, -0.05) is 32.6 Å². The average molecular weight is 340 g/mol. The fourth-order valence-electron chi connectivity index (χ4n) is 2.62. The molecule has 5 N–H and O–H groups in total. The zero-order valence-electron chi connectivity index (χ0n) is 15.3. The van der Waals surface area contributed by atoms with E-state index >= 15 is 0 Å². The van der Waals surface area contributed by atoms with Crippen LogP contribution >= 0.6 is 0 Å². The second-order valence-corrected chi connectivity index (χ2v) is 6.07. The molecule has 0 bridgehead atoms. The fraction of sp³-hybridized carbons (Fsp3) is 0.316. The molecule has 1 aromatic heterocycles. The first-order valence-corrected chi connectivity index (χ1v) is 8.45. The summed E-state index contributed by atoms with van der Waals surface area (Å²) in [6, 6.07) is 8.01. The average Bonchev–Trinajstić information content (AvgIpc) is 2.58. The van der Waals surface area contributed by atoms with Crippen LogP contribution in [-0.4, -0.2) is 41.6 Å². The third kappa shape index (κ3) is 5.20. The van der Waals surface area contributed by atoms with Crippen molar-refractivity contribution < 1.29 is 0 Å². The van der Waals surface area contributed by atoms with Gasteiger partial charge in [-0.15, -0.1) is 0 Å². The number of pyridine rings is 1. The van der Waals surface area contributed by atoms with Crippen molar-refractivity contribution in [1.29, 1.82) is 0 Å². The number of hydrogen-bond acceptors (Lipinski definition) is 6. The second-order valence-electron chi connectivity index (χ2n) is 6.07. The van der Waals surface area contributed by atoms with E-state index in [0.717, 1.165) is 47.5 Å². The Balaban J connectivity index is 2.21. The largest absolute Gasteiger partial charge is 0.397 e. The minimum Gasteiger partial charge on any atom is -0.397 e. The van der Waals surface area contributed by atoms with E-state index in [4.69, 9.17) is 11.6 Å². The zero-order chi connectivity index (χ0) is 18.4. The number of nitrogens with one attached hydrogen (secondary N) is 1. The van der Waals surface area contributed by atoms with Crippen LogP contribution in [0.25, 0.3) is 16.5 Å². The van der Waals surface area contributed by atoms with Crippen LogP contribution in [0.5, 0.6) is 0 Å². The van der Waals surface area contributed by atoms with Crippen molar-refractivity contribution in [2.24, 2.45) is 11.6 Å².